The number of hydrogen-bond acceptors (Lipinski definition) is 2. The number of piperidine rings is 1. The zero-order valence-corrected chi connectivity index (χ0v) is 12.7. The van der Waals surface area contributed by atoms with Gasteiger partial charge in [-0.05, 0) is 73.3 Å². The first kappa shape index (κ1) is 12.4. The number of carbonyl (C=O) groups is 1. The average molecular weight is 356 g/mol. The van der Waals surface area contributed by atoms with Crippen LogP contribution in [0.3, 0.4) is 0 Å². The summed E-state index contributed by atoms with van der Waals surface area (Å²) >= 11 is 2.27. The van der Waals surface area contributed by atoms with Crippen molar-refractivity contribution < 1.29 is 4.79 Å². The van der Waals surface area contributed by atoms with Crippen molar-refractivity contribution in [2.75, 3.05) is 20.1 Å². The van der Waals surface area contributed by atoms with Crippen LogP contribution >= 0.6 is 22.6 Å². The SMILES string of the molecule is CN1CCC(N2Cc3ccc(I)cc3C2=O)CC1. The van der Waals surface area contributed by atoms with E-state index in [2.05, 4.69) is 51.6 Å². The lowest BCUT2D eigenvalue weighted by molar-refractivity contribution is 0.0617. The molecule has 0 aliphatic carbocycles. The van der Waals surface area contributed by atoms with E-state index in [0.29, 0.717) is 6.04 Å². The Morgan fingerprint density at radius 1 is 1.28 bits per heavy atom. The van der Waals surface area contributed by atoms with E-state index < -0.39 is 0 Å². The highest BCUT2D eigenvalue weighted by molar-refractivity contribution is 14.1. The molecule has 1 fully saturated rings. The molecule has 1 aromatic rings. The molecule has 18 heavy (non-hydrogen) atoms. The Kier molecular flexibility index (Phi) is 3.32. The second-order valence-electron chi connectivity index (χ2n) is 5.27. The minimum atomic E-state index is 0.234. The van der Waals surface area contributed by atoms with Gasteiger partial charge in [-0.25, -0.2) is 0 Å². The van der Waals surface area contributed by atoms with Crippen molar-refractivity contribution in [3.63, 3.8) is 0 Å². The Morgan fingerprint density at radius 3 is 2.72 bits per heavy atom. The first-order valence-electron chi connectivity index (χ1n) is 6.43. The van der Waals surface area contributed by atoms with Gasteiger partial charge in [0.25, 0.3) is 5.91 Å². The summed E-state index contributed by atoms with van der Waals surface area (Å²) in [6.07, 6.45) is 2.21. The second kappa shape index (κ2) is 4.81. The number of carbonyl (C=O) groups excluding carboxylic acids is 1. The van der Waals surface area contributed by atoms with Gasteiger partial charge in [0.1, 0.15) is 0 Å². The molecule has 0 atom stereocenters. The number of fused-ring (bicyclic) bond motifs is 1. The van der Waals surface area contributed by atoms with Gasteiger partial charge in [-0.1, -0.05) is 6.07 Å². The maximum absolute atomic E-state index is 12.4. The molecule has 3 nitrogen and oxygen atoms in total. The highest BCUT2D eigenvalue weighted by Gasteiger charge is 2.33. The molecule has 2 aliphatic heterocycles. The lowest BCUT2D eigenvalue weighted by Gasteiger charge is -2.34. The molecular formula is C14H17IN2O. The molecule has 0 bridgehead atoms. The van der Waals surface area contributed by atoms with Crippen LogP contribution in [0.15, 0.2) is 18.2 Å². The molecule has 96 valence electrons. The predicted molar refractivity (Wildman–Crippen MR) is 79.6 cm³/mol. The minimum Gasteiger partial charge on any atom is -0.331 e. The monoisotopic (exact) mass is 356 g/mol. The van der Waals surface area contributed by atoms with E-state index in [1.54, 1.807) is 0 Å². The van der Waals surface area contributed by atoms with Crippen LogP contribution < -0.4 is 0 Å². The van der Waals surface area contributed by atoms with Crippen LogP contribution in [0, 0.1) is 3.57 Å². The van der Waals surface area contributed by atoms with Gasteiger partial charge in [-0.2, -0.15) is 0 Å². The topological polar surface area (TPSA) is 23.6 Å². The van der Waals surface area contributed by atoms with Gasteiger partial charge >= 0.3 is 0 Å². The van der Waals surface area contributed by atoms with Crippen molar-refractivity contribution in [1.29, 1.82) is 0 Å². The third kappa shape index (κ3) is 2.16. The highest BCUT2D eigenvalue weighted by Crippen LogP contribution is 2.29. The molecule has 2 aliphatic rings. The Balaban J connectivity index is 1.80. The number of amides is 1. The predicted octanol–water partition coefficient (Wildman–Crippen LogP) is 2.34. The number of rotatable bonds is 1. The summed E-state index contributed by atoms with van der Waals surface area (Å²) in [6, 6.07) is 6.64. The van der Waals surface area contributed by atoms with Gasteiger partial charge in [0.05, 0.1) is 0 Å². The van der Waals surface area contributed by atoms with Crippen molar-refractivity contribution >= 4 is 28.5 Å². The van der Waals surface area contributed by atoms with Crippen LogP contribution in [0.4, 0.5) is 0 Å². The zero-order chi connectivity index (χ0) is 12.7. The quantitative estimate of drug-likeness (QED) is 0.722. The highest BCUT2D eigenvalue weighted by atomic mass is 127. The number of benzene rings is 1. The first-order chi connectivity index (χ1) is 8.65. The summed E-state index contributed by atoms with van der Waals surface area (Å²) in [6.45, 7) is 3.00. The molecule has 2 heterocycles. The summed E-state index contributed by atoms with van der Waals surface area (Å²) in [5.41, 5.74) is 2.11. The zero-order valence-electron chi connectivity index (χ0n) is 10.5. The van der Waals surface area contributed by atoms with Crippen LogP contribution in [0.1, 0.15) is 28.8 Å². The largest absolute Gasteiger partial charge is 0.331 e. The molecule has 1 aromatic carbocycles. The summed E-state index contributed by atoms with van der Waals surface area (Å²) in [5, 5.41) is 0. The fourth-order valence-corrected chi connectivity index (χ4v) is 3.39. The summed E-state index contributed by atoms with van der Waals surface area (Å²) < 4.78 is 1.14. The Bertz CT molecular complexity index is 481. The molecule has 1 saturated heterocycles. The van der Waals surface area contributed by atoms with Gasteiger partial charge in [0, 0.05) is 21.7 Å². The molecule has 0 unspecified atom stereocenters. The summed E-state index contributed by atoms with van der Waals surface area (Å²) in [4.78, 5) is 16.9. The molecule has 0 spiro atoms. The van der Waals surface area contributed by atoms with Gasteiger partial charge in [0.2, 0.25) is 0 Å². The van der Waals surface area contributed by atoms with E-state index in [1.807, 2.05) is 6.07 Å². The van der Waals surface area contributed by atoms with Gasteiger partial charge < -0.3 is 9.80 Å². The second-order valence-corrected chi connectivity index (χ2v) is 6.51. The Morgan fingerprint density at radius 2 is 2.00 bits per heavy atom. The molecule has 3 rings (SSSR count). The van der Waals surface area contributed by atoms with Crippen molar-refractivity contribution in [3.8, 4) is 0 Å². The third-order valence-corrected chi connectivity index (χ3v) is 4.70. The molecule has 0 saturated carbocycles. The molecule has 0 N–H and O–H groups in total. The molecule has 1 amide bonds. The van der Waals surface area contributed by atoms with Crippen molar-refractivity contribution in [3.05, 3.63) is 32.9 Å². The van der Waals surface area contributed by atoms with E-state index in [4.69, 9.17) is 0 Å². The maximum Gasteiger partial charge on any atom is 0.254 e. The first-order valence-corrected chi connectivity index (χ1v) is 7.51. The van der Waals surface area contributed by atoms with Crippen LogP contribution in [0.25, 0.3) is 0 Å². The van der Waals surface area contributed by atoms with E-state index in [9.17, 15) is 4.79 Å². The Hall–Kier alpha value is -0.620. The van der Waals surface area contributed by atoms with E-state index in [1.165, 1.54) is 5.56 Å². The number of hydrogen-bond donors (Lipinski definition) is 0. The van der Waals surface area contributed by atoms with Crippen molar-refractivity contribution in [1.82, 2.24) is 9.80 Å². The normalized spacial score (nSPS) is 21.4. The third-order valence-electron chi connectivity index (χ3n) is 4.03. The summed E-state index contributed by atoms with van der Waals surface area (Å²) in [5.74, 6) is 0.234. The average Bonchev–Trinajstić information content (AvgIpc) is 2.68. The van der Waals surface area contributed by atoms with E-state index >= 15 is 0 Å². The maximum atomic E-state index is 12.4. The van der Waals surface area contributed by atoms with Gasteiger partial charge in [-0.3, -0.25) is 4.79 Å². The van der Waals surface area contributed by atoms with Crippen LogP contribution in [0.5, 0.6) is 0 Å². The molecule has 0 radical (unpaired) electrons. The lowest BCUT2D eigenvalue weighted by Crippen LogP contribution is -2.43. The van der Waals surface area contributed by atoms with Crippen molar-refractivity contribution in [2.45, 2.75) is 25.4 Å². The molecule has 0 aromatic heterocycles. The number of halogens is 1. The van der Waals surface area contributed by atoms with Crippen LogP contribution in [-0.2, 0) is 6.54 Å². The molecule has 4 heteroatoms. The van der Waals surface area contributed by atoms with Crippen LogP contribution in [-0.4, -0.2) is 41.9 Å². The standard InChI is InChI=1S/C14H17IN2O/c1-16-6-4-12(5-7-16)17-9-10-2-3-11(15)8-13(10)14(17)18/h2-3,8,12H,4-7,9H2,1H3. The van der Waals surface area contributed by atoms with Gasteiger partial charge in [0.15, 0.2) is 0 Å². The minimum absolute atomic E-state index is 0.234. The number of likely N-dealkylation sites (tertiary alicyclic amines) is 1. The van der Waals surface area contributed by atoms with E-state index in [-0.39, 0.29) is 5.91 Å². The fraction of sp³-hybridized carbons (Fsp3) is 0.500. The van der Waals surface area contributed by atoms with Gasteiger partial charge in [-0.15, -0.1) is 0 Å². The smallest absolute Gasteiger partial charge is 0.254 e. The van der Waals surface area contributed by atoms with Crippen molar-refractivity contribution in [2.24, 2.45) is 0 Å². The lowest BCUT2D eigenvalue weighted by atomic mass is 10.0. The summed E-state index contributed by atoms with van der Waals surface area (Å²) in [7, 11) is 2.15. The van der Waals surface area contributed by atoms with E-state index in [0.717, 1.165) is 41.6 Å². The Labute approximate surface area is 121 Å². The molecular weight excluding hydrogens is 339 g/mol. The fourth-order valence-electron chi connectivity index (χ4n) is 2.90. The number of nitrogens with zero attached hydrogens (tertiary/aromatic N) is 2. The van der Waals surface area contributed by atoms with Crippen LogP contribution in [0.2, 0.25) is 0 Å².